The molecule has 0 aliphatic carbocycles. The Kier molecular flexibility index (Phi) is 5.49. The largest absolute Gasteiger partial charge is 0.0894 e. The van der Waals surface area contributed by atoms with Gasteiger partial charge in [-0.2, -0.15) is 0 Å². The number of hydrogen-bond donors (Lipinski definition) is 0. The maximum absolute atomic E-state index is 3.68. The van der Waals surface area contributed by atoms with Crippen LogP contribution in [0.3, 0.4) is 0 Å². The van der Waals surface area contributed by atoms with Crippen LogP contribution in [0.2, 0.25) is 0 Å². The summed E-state index contributed by atoms with van der Waals surface area (Å²) in [6.45, 7) is 0. The van der Waals surface area contributed by atoms with Gasteiger partial charge in [0.1, 0.15) is 0 Å². The zero-order valence-corrected chi connectivity index (χ0v) is 23.8. The van der Waals surface area contributed by atoms with Crippen LogP contribution in [0.15, 0.2) is 136 Å². The standard InChI is InChI=1S/C33H20BrIS/c34-27-13-9-25(10-14-27)33(26-11-15-28(35)16-12-26)29-17-21-5-1-3-7-23(21)19-31(29)36-32-20-24-8-4-2-6-22(24)18-30(32)33/h1-20H. The third-order valence-electron chi connectivity index (χ3n) is 7.28. The molecule has 0 saturated carbocycles. The van der Waals surface area contributed by atoms with Gasteiger partial charge in [-0.1, -0.05) is 100 Å². The second-order valence-electron chi connectivity index (χ2n) is 9.26. The van der Waals surface area contributed by atoms with Crippen molar-refractivity contribution >= 4 is 71.8 Å². The molecule has 6 aromatic carbocycles. The molecule has 0 nitrogen and oxygen atoms in total. The quantitative estimate of drug-likeness (QED) is 0.167. The predicted molar refractivity (Wildman–Crippen MR) is 164 cm³/mol. The van der Waals surface area contributed by atoms with Crippen molar-refractivity contribution in [1.82, 2.24) is 0 Å². The Labute approximate surface area is 237 Å². The van der Waals surface area contributed by atoms with E-state index in [0.29, 0.717) is 0 Å². The first-order valence-electron chi connectivity index (χ1n) is 11.9. The molecule has 0 bridgehead atoms. The van der Waals surface area contributed by atoms with Gasteiger partial charge in [-0.3, -0.25) is 0 Å². The molecule has 0 spiro atoms. The Morgan fingerprint density at radius 3 is 1.42 bits per heavy atom. The predicted octanol–water partition coefficient (Wildman–Crippen LogP) is 10.2. The minimum atomic E-state index is -0.435. The average Bonchev–Trinajstić information content (AvgIpc) is 2.91. The number of benzene rings is 6. The monoisotopic (exact) mass is 654 g/mol. The highest BCUT2D eigenvalue weighted by Crippen LogP contribution is 2.57. The summed E-state index contributed by atoms with van der Waals surface area (Å²) >= 11 is 7.98. The van der Waals surface area contributed by atoms with Gasteiger partial charge in [0.2, 0.25) is 0 Å². The first kappa shape index (κ1) is 22.6. The lowest BCUT2D eigenvalue weighted by atomic mass is 9.64. The highest BCUT2D eigenvalue weighted by atomic mass is 127. The lowest BCUT2D eigenvalue weighted by Crippen LogP contribution is -2.34. The van der Waals surface area contributed by atoms with E-state index in [1.165, 1.54) is 57.2 Å². The van der Waals surface area contributed by atoms with Crippen LogP contribution in [-0.4, -0.2) is 0 Å². The van der Waals surface area contributed by atoms with Crippen LogP contribution in [0.5, 0.6) is 0 Å². The highest BCUT2D eigenvalue weighted by molar-refractivity contribution is 14.1. The lowest BCUT2D eigenvalue weighted by Gasteiger charge is -2.42. The molecule has 0 radical (unpaired) electrons. The van der Waals surface area contributed by atoms with E-state index in [0.717, 1.165) is 4.47 Å². The minimum Gasteiger partial charge on any atom is -0.0894 e. The summed E-state index contributed by atoms with van der Waals surface area (Å²) in [4.78, 5) is 2.64. The normalized spacial score (nSPS) is 13.9. The van der Waals surface area contributed by atoms with Crippen LogP contribution < -0.4 is 0 Å². The van der Waals surface area contributed by atoms with Crippen LogP contribution >= 0.6 is 50.3 Å². The minimum absolute atomic E-state index is 0.435. The number of rotatable bonds is 2. The fraction of sp³-hybridized carbons (Fsp3) is 0.0303. The van der Waals surface area contributed by atoms with Gasteiger partial charge >= 0.3 is 0 Å². The topological polar surface area (TPSA) is 0 Å². The van der Waals surface area contributed by atoms with E-state index in [-0.39, 0.29) is 0 Å². The Bertz CT molecular complexity index is 1640. The molecule has 172 valence electrons. The van der Waals surface area contributed by atoms with Crippen LogP contribution in [0.4, 0.5) is 0 Å². The van der Waals surface area contributed by atoms with Gasteiger partial charge in [-0.05, 0) is 115 Å². The lowest BCUT2D eigenvalue weighted by molar-refractivity contribution is 0.705. The molecule has 6 aromatic rings. The fourth-order valence-electron chi connectivity index (χ4n) is 5.65. The molecule has 0 fully saturated rings. The molecule has 1 aliphatic rings. The van der Waals surface area contributed by atoms with E-state index >= 15 is 0 Å². The summed E-state index contributed by atoms with van der Waals surface area (Å²) in [5.41, 5.74) is 4.82. The molecule has 0 atom stereocenters. The van der Waals surface area contributed by atoms with E-state index in [1.54, 1.807) is 0 Å². The van der Waals surface area contributed by atoms with Crippen LogP contribution in [-0.2, 0) is 5.41 Å². The Morgan fingerprint density at radius 1 is 0.528 bits per heavy atom. The molecule has 7 rings (SSSR count). The molecule has 3 heteroatoms. The Balaban J connectivity index is 1.68. The van der Waals surface area contributed by atoms with Crippen LogP contribution in [0, 0.1) is 3.57 Å². The third kappa shape index (κ3) is 3.47. The van der Waals surface area contributed by atoms with Crippen molar-refractivity contribution in [3.05, 3.63) is 152 Å². The molecule has 36 heavy (non-hydrogen) atoms. The number of fused-ring (bicyclic) bond motifs is 4. The average molecular weight is 655 g/mol. The Morgan fingerprint density at radius 2 is 0.944 bits per heavy atom. The molecular formula is C33H20BrIS. The zero-order chi connectivity index (χ0) is 24.3. The molecule has 0 amide bonds. The van der Waals surface area contributed by atoms with Crippen molar-refractivity contribution < 1.29 is 0 Å². The summed E-state index contributed by atoms with van der Waals surface area (Å²) in [6.07, 6.45) is 0. The van der Waals surface area contributed by atoms with Crippen molar-refractivity contribution in [2.45, 2.75) is 15.2 Å². The second-order valence-corrected chi connectivity index (χ2v) is 12.5. The van der Waals surface area contributed by atoms with Gasteiger partial charge in [-0.15, -0.1) is 0 Å². The molecule has 1 heterocycles. The van der Waals surface area contributed by atoms with Crippen molar-refractivity contribution in [1.29, 1.82) is 0 Å². The van der Waals surface area contributed by atoms with Crippen molar-refractivity contribution in [2.24, 2.45) is 0 Å². The molecule has 0 unspecified atom stereocenters. The van der Waals surface area contributed by atoms with E-state index in [2.05, 4.69) is 160 Å². The van der Waals surface area contributed by atoms with Crippen LogP contribution in [0.25, 0.3) is 21.5 Å². The van der Waals surface area contributed by atoms with Gasteiger partial charge in [-0.25, -0.2) is 0 Å². The maximum Gasteiger partial charge on any atom is 0.0723 e. The molecule has 1 aliphatic heterocycles. The van der Waals surface area contributed by atoms with Gasteiger partial charge in [0.25, 0.3) is 0 Å². The maximum atomic E-state index is 3.68. The van der Waals surface area contributed by atoms with Gasteiger partial charge in [0.15, 0.2) is 0 Å². The second kappa shape index (κ2) is 8.76. The number of halogens is 2. The number of hydrogen-bond acceptors (Lipinski definition) is 1. The van der Waals surface area contributed by atoms with E-state index < -0.39 is 5.41 Å². The summed E-state index contributed by atoms with van der Waals surface area (Å²) in [5, 5.41) is 5.10. The summed E-state index contributed by atoms with van der Waals surface area (Å²) in [5.74, 6) is 0. The summed E-state index contributed by atoms with van der Waals surface area (Å²) < 4.78 is 2.33. The van der Waals surface area contributed by atoms with Crippen molar-refractivity contribution in [2.75, 3.05) is 0 Å². The zero-order valence-electron chi connectivity index (χ0n) is 19.2. The first-order chi connectivity index (χ1) is 17.6. The summed E-state index contributed by atoms with van der Waals surface area (Å²) in [6, 6.07) is 45.1. The van der Waals surface area contributed by atoms with Crippen LogP contribution in [0.1, 0.15) is 22.3 Å². The smallest absolute Gasteiger partial charge is 0.0723 e. The van der Waals surface area contributed by atoms with Gasteiger partial charge < -0.3 is 0 Å². The molecule has 0 saturated heterocycles. The van der Waals surface area contributed by atoms with Crippen molar-refractivity contribution in [3.63, 3.8) is 0 Å². The van der Waals surface area contributed by atoms with E-state index in [4.69, 9.17) is 0 Å². The van der Waals surface area contributed by atoms with Gasteiger partial charge in [0, 0.05) is 17.8 Å². The SMILES string of the molecule is Brc1ccc(C2(c3ccc(I)cc3)c3cc4ccccc4cc3Sc3cc4ccccc4cc32)cc1. The molecule has 0 N–H and O–H groups in total. The van der Waals surface area contributed by atoms with Crippen molar-refractivity contribution in [3.8, 4) is 0 Å². The Hall–Kier alpha value is -2.60. The molecule has 0 aromatic heterocycles. The highest BCUT2D eigenvalue weighted by Gasteiger charge is 2.44. The van der Waals surface area contributed by atoms with E-state index in [1.807, 2.05) is 11.8 Å². The van der Waals surface area contributed by atoms with E-state index in [9.17, 15) is 0 Å². The third-order valence-corrected chi connectivity index (χ3v) is 9.64. The summed E-state index contributed by atoms with van der Waals surface area (Å²) in [7, 11) is 0. The molecular weight excluding hydrogens is 635 g/mol. The first-order valence-corrected chi connectivity index (χ1v) is 14.6. The fourth-order valence-corrected chi connectivity index (χ4v) is 7.52. The van der Waals surface area contributed by atoms with Gasteiger partial charge in [0.05, 0.1) is 5.41 Å².